The maximum atomic E-state index is 13.7. The van der Waals surface area contributed by atoms with Gasteiger partial charge in [-0.15, -0.1) is 0 Å². The second kappa shape index (κ2) is 12.5. The highest BCUT2D eigenvalue weighted by molar-refractivity contribution is 5.77. The zero-order chi connectivity index (χ0) is 31.6. The number of halogens is 7. The summed E-state index contributed by atoms with van der Waals surface area (Å²) in [5, 5.41) is 0. The molecule has 3 atom stereocenters. The first-order valence-electron chi connectivity index (χ1n) is 13.2. The van der Waals surface area contributed by atoms with Crippen molar-refractivity contribution in [1.29, 1.82) is 0 Å². The predicted molar refractivity (Wildman–Crippen MR) is 139 cm³/mol. The van der Waals surface area contributed by atoms with Crippen LogP contribution in [0.1, 0.15) is 68.3 Å². The van der Waals surface area contributed by atoms with E-state index in [9.17, 15) is 40.3 Å². The number of carbonyl (C=O) groups is 2. The number of alkyl halides is 6. The van der Waals surface area contributed by atoms with Gasteiger partial charge in [0.1, 0.15) is 11.4 Å². The molecule has 232 valence electrons. The second-order valence-corrected chi connectivity index (χ2v) is 11.2. The van der Waals surface area contributed by atoms with Crippen molar-refractivity contribution in [2.45, 2.75) is 70.1 Å². The maximum Gasteiger partial charge on any atom is 0.416 e. The van der Waals surface area contributed by atoms with E-state index in [1.54, 1.807) is 20.8 Å². The zero-order valence-corrected chi connectivity index (χ0v) is 23.8. The topological polar surface area (TPSA) is 59.1 Å². The number of carbonyl (C=O) groups excluding carboxylic acids is 2. The molecule has 1 fully saturated rings. The van der Waals surface area contributed by atoms with Gasteiger partial charge < -0.3 is 19.3 Å². The Hall–Kier alpha value is -3.35. The van der Waals surface area contributed by atoms with Gasteiger partial charge in [-0.25, -0.2) is 9.18 Å². The third-order valence-corrected chi connectivity index (χ3v) is 6.95. The van der Waals surface area contributed by atoms with Gasteiger partial charge in [0, 0.05) is 25.9 Å². The van der Waals surface area contributed by atoms with Crippen LogP contribution in [0.5, 0.6) is 0 Å². The largest absolute Gasteiger partial charge is 0.444 e. The summed E-state index contributed by atoms with van der Waals surface area (Å²) in [6.07, 6.45) is -11.7. The second-order valence-electron chi connectivity index (χ2n) is 11.2. The molecule has 0 bridgehead atoms. The van der Waals surface area contributed by atoms with Crippen LogP contribution < -0.4 is 0 Å². The third-order valence-electron chi connectivity index (χ3n) is 6.95. The molecule has 2 unspecified atom stereocenters. The molecule has 13 heteroatoms. The quantitative estimate of drug-likeness (QED) is 0.327. The van der Waals surface area contributed by atoms with Crippen LogP contribution >= 0.6 is 0 Å². The highest BCUT2D eigenvalue weighted by Gasteiger charge is 2.39. The Morgan fingerprint density at radius 1 is 0.976 bits per heavy atom. The van der Waals surface area contributed by atoms with Crippen molar-refractivity contribution in [3.05, 3.63) is 70.5 Å². The fourth-order valence-corrected chi connectivity index (χ4v) is 4.58. The van der Waals surface area contributed by atoms with E-state index < -0.39 is 65.0 Å². The molecule has 2 aromatic rings. The first-order valence-corrected chi connectivity index (χ1v) is 13.2. The molecular weight excluding hydrogens is 573 g/mol. The molecule has 0 N–H and O–H groups in total. The molecule has 0 radical (unpaired) electrons. The number of benzene rings is 2. The average Bonchev–Trinajstić information content (AvgIpc) is 2.89. The molecule has 1 aliphatic heterocycles. The van der Waals surface area contributed by atoms with Crippen molar-refractivity contribution in [3.63, 3.8) is 0 Å². The fraction of sp³-hybridized carbons (Fsp3) is 0.517. The van der Waals surface area contributed by atoms with Crippen molar-refractivity contribution in [2.24, 2.45) is 0 Å². The van der Waals surface area contributed by atoms with Crippen LogP contribution in [0.3, 0.4) is 0 Å². The average molecular weight is 607 g/mol. The third kappa shape index (κ3) is 8.59. The normalized spacial score (nSPS) is 17.9. The molecule has 2 amide bonds. The predicted octanol–water partition coefficient (Wildman–Crippen LogP) is 7.19. The molecule has 1 saturated heterocycles. The lowest BCUT2D eigenvalue weighted by atomic mass is 9.88. The van der Waals surface area contributed by atoms with Gasteiger partial charge in [-0.3, -0.25) is 4.79 Å². The van der Waals surface area contributed by atoms with E-state index in [2.05, 4.69) is 0 Å². The lowest BCUT2D eigenvalue weighted by Crippen LogP contribution is -2.49. The van der Waals surface area contributed by atoms with Gasteiger partial charge in [-0.05, 0) is 69.2 Å². The van der Waals surface area contributed by atoms with Crippen LogP contribution in [0, 0.1) is 5.82 Å². The van der Waals surface area contributed by atoms with Crippen LogP contribution in [0.25, 0.3) is 0 Å². The maximum absolute atomic E-state index is 13.7. The van der Waals surface area contributed by atoms with E-state index in [0.29, 0.717) is 17.7 Å². The highest BCUT2D eigenvalue weighted by Crippen LogP contribution is 2.38. The number of nitrogens with zero attached hydrogens (tertiary/aromatic N) is 2. The standard InChI is InChI=1S/C29H33F7N2O4/c1-17(19-12-20(28(31,32)33)14-21(13-19)29(34,35)36)37(5)25(39)15-23(18-6-8-22(30)9-7-18)24-16-38(10-11-41-24)26(40)42-27(2,3)4/h6-9,12-14,17,23-24H,10-11,15-16H2,1-5H3/t17-,23?,24?/m1/s1. The molecule has 0 aromatic heterocycles. The van der Waals surface area contributed by atoms with Crippen molar-refractivity contribution in [2.75, 3.05) is 26.7 Å². The van der Waals surface area contributed by atoms with Crippen LogP contribution in [0.2, 0.25) is 0 Å². The Balaban J connectivity index is 1.89. The monoisotopic (exact) mass is 606 g/mol. The highest BCUT2D eigenvalue weighted by atomic mass is 19.4. The van der Waals surface area contributed by atoms with E-state index in [1.807, 2.05) is 0 Å². The Morgan fingerprint density at radius 2 is 1.52 bits per heavy atom. The van der Waals surface area contributed by atoms with Crippen molar-refractivity contribution < 1.29 is 49.8 Å². The lowest BCUT2D eigenvalue weighted by molar-refractivity contribution is -0.143. The van der Waals surface area contributed by atoms with Crippen LogP contribution in [-0.4, -0.2) is 60.2 Å². The fourth-order valence-electron chi connectivity index (χ4n) is 4.58. The van der Waals surface area contributed by atoms with Crippen molar-refractivity contribution >= 4 is 12.0 Å². The van der Waals surface area contributed by atoms with E-state index >= 15 is 0 Å². The molecule has 0 spiro atoms. The molecule has 0 saturated carbocycles. The summed E-state index contributed by atoms with van der Waals surface area (Å²) in [7, 11) is 1.27. The first-order chi connectivity index (χ1) is 19.3. The smallest absolute Gasteiger partial charge is 0.416 e. The van der Waals surface area contributed by atoms with Crippen LogP contribution in [-0.2, 0) is 26.6 Å². The van der Waals surface area contributed by atoms with Gasteiger partial charge >= 0.3 is 18.4 Å². The summed E-state index contributed by atoms with van der Waals surface area (Å²) in [6.45, 7) is 6.83. The Kier molecular flexibility index (Phi) is 9.85. The summed E-state index contributed by atoms with van der Waals surface area (Å²) >= 11 is 0. The summed E-state index contributed by atoms with van der Waals surface area (Å²) in [5.74, 6) is -1.87. The molecule has 0 aliphatic carbocycles. The van der Waals surface area contributed by atoms with Gasteiger partial charge in [-0.2, -0.15) is 26.3 Å². The van der Waals surface area contributed by atoms with Gasteiger partial charge in [0.15, 0.2) is 0 Å². The van der Waals surface area contributed by atoms with Gasteiger partial charge in [0.2, 0.25) is 5.91 Å². The van der Waals surface area contributed by atoms with E-state index in [-0.39, 0.29) is 37.7 Å². The number of amides is 2. The number of ether oxygens (including phenoxy) is 2. The molecule has 42 heavy (non-hydrogen) atoms. The lowest BCUT2D eigenvalue weighted by Gasteiger charge is -2.38. The summed E-state index contributed by atoms with van der Waals surface area (Å²) in [4.78, 5) is 28.6. The van der Waals surface area contributed by atoms with Gasteiger partial charge in [-0.1, -0.05) is 12.1 Å². The van der Waals surface area contributed by atoms with E-state index in [1.165, 1.54) is 43.1 Å². The number of hydrogen-bond donors (Lipinski definition) is 0. The summed E-state index contributed by atoms with van der Waals surface area (Å²) in [6, 6.07) is 5.32. The molecule has 2 aromatic carbocycles. The summed E-state index contributed by atoms with van der Waals surface area (Å²) < 4.78 is 105. The Bertz CT molecular complexity index is 1220. The number of hydrogen-bond acceptors (Lipinski definition) is 4. The van der Waals surface area contributed by atoms with Gasteiger partial charge in [0.05, 0.1) is 36.4 Å². The minimum atomic E-state index is -5.04. The molecule has 3 rings (SSSR count). The molecule has 1 heterocycles. The number of morpholine rings is 1. The molecule has 6 nitrogen and oxygen atoms in total. The number of rotatable bonds is 6. The minimum absolute atomic E-state index is 0.0272. The van der Waals surface area contributed by atoms with Crippen molar-refractivity contribution in [1.82, 2.24) is 9.80 Å². The van der Waals surface area contributed by atoms with Crippen LogP contribution in [0.15, 0.2) is 42.5 Å². The van der Waals surface area contributed by atoms with E-state index in [0.717, 1.165) is 4.90 Å². The zero-order valence-electron chi connectivity index (χ0n) is 23.8. The van der Waals surface area contributed by atoms with Gasteiger partial charge in [0.25, 0.3) is 0 Å². The summed E-state index contributed by atoms with van der Waals surface area (Å²) in [5.41, 5.74) is -3.58. The minimum Gasteiger partial charge on any atom is -0.444 e. The van der Waals surface area contributed by atoms with Crippen LogP contribution in [0.4, 0.5) is 35.5 Å². The van der Waals surface area contributed by atoms with Crippen molar-refractivity contribution in [3.8, 4) is 0 Å². The van der Waals surface area contributed by atoms with E-state index in [4.69, 9.17) is 9.47 Å². The Labute approximate surface area is 239 Å². The first kappa shape index (κ1) is 33.2. The molecule has 1 aliphatic rings. The Morgan fingerprint density at radius 3 is 2.02 bits per heavy atom. The molecular formula is C29H33F7N2O4. The SMILES string of the molecule is C[C@H](c1cc(C(F)(F)F)cc(C(F)(F)F)c1)N(C)C(=O)CC(c1ccc(F)cc1)C1CN(C(=O)OC(C)(C)C)CCO1.